The van der Waals surface area contributed by atoms with Crippen LogP contribution in [0, 0.1) is 0 Å². The van der Waals surface area contributed by atoms with Crippen LogP contribution in [0.15, 0.2) is 54.6 Å². The van der Waals surface area contributed by atoms with Gasteiger partial charge in [0.05, 0.1) is 5.56 Å². The lowest BCUT2D eigenvalue weighted by Gasteiger charge is -2.10. The second-order valence-electron chi connectivity index (χ2n) is 6.05. The largest absolute Gasteiger partial charge is 0.481 e. The topological polar surface area (TPSA) is 83.5 Å². The van der Waals surface area contributed by atoms with Crippen LogP contribution >= 0.6 is 0 Å². The second kappa shape index (κ2) is 10.1. The summed E-state index contributed by atoms with van der Waals surface area (Å²) < 4.78 is 0. The predicted octanol–water partition coefficient (Wildman–Crippen LogP) is 3.68. The first-order valence-electron chi connectivity index (χ1n) is 8.78. The highest BCUT2D eigenvalue weighted by atomic mass is 16.4. The van der Waals surface area contributed by atoms with Crippen LogP contribution < -0.4 is 5.32 Å². The van der Waals surface area contributed by atoms with Gasteiger partial charge in [-0.25, -0.2) is 0 Å². The molecule has 0 bridgehead atoms. The van der Waals surface area contributed by atoms with Gasteiger partial charge >= 0.3 is 5.97 Å². The Bertz CT molecular complexity index is 756. The Kier molecular flexibility index (Phi) is 7.55. The number of hydrogen-bond acceptors (Lipinski definition) is 3. The van der Waals surface area contributed by atoms with E-state index in [4.69, 9.17) is 5.11 Å². The lowest BCUT2D eigenvalue weighted by Crippen LogP contribution is -2.26. The number of nitrogens with one attached hydrogen (secondary N) is 1. The third-order valence-corrected chi connectivity index (χ3v) is 4.06. The molecule has 2 aromatic carbocycles. The lowest BCUT2D eigenvalue weighted by molar-refractivity contribution is -0.137. The minimum atomic E-state index is -0.780. The van der Waals surface area contributed by atoms with Crippen molar-refractivity contribution in [2.75, 3.05) is 6.54 Å². The van der Waals surface area contributed by atoms with Crippen LogP contribution in [0.2, 0.25) is 0 Å². The third kappa shape index (κ3) is 5.84. The number of carbonyl (C=O) groups is 3. The van der Waals surface area contributed by atoms with Gasteiger partial charge in [0.1, 0.15) is 0 Å². The molecule has 26 heavy (non-hydrogen) atoms. The van der Waals surface area contributed by atoms with Crippen molar-refractivity contribution >= 4 is 17.7 Å². The fourth-order valence-corrected chi connectivity index (χ4v) is 2.68. The molecule has 0 atom stereocenters. The Labute approximate surface area is 153 Å². The number of carboxylic acids is 1. The van der Waals surface area contributed by atoms with Gasteiger partial charge in [0, 0.05) is 24.1 Å². The van der Waals surface area contributed by atoms with Crippen molar-refractivity contribution in [3.63, 3.8) is 0 Å². The van der Waals surface area contributed by atoms with Crippen molar-refractivity contribution in [2.45, 2.75) is 32.1 Å². The van der Waals surface area contributed by atoms with Crippen molar-refractivity contribution in [1.82, 2.24) is 5.32 Å². The fraction of sp³-hybridized carbons (Fsp3) is 0.286. The normalized spacial score (nSPS) is 10.3. The van der Waals surface area contributed by atoms with Crippen LogP contribution in [0.5, 0.6) is 0 Å². The molecule has 0 unspecified atom stereocenters. The number of carbonyl (C=O) groups excluding carboxylic acids is 2. The van der Waals surface area contributed by atoms with E-state index in [0.717, 1.165) is 19.3 Å². The Morgan fingerprint density at radius 3 is 2.08 bits per heavy atom. The molecule has 0 fully saturated rings. The van der Waals surface area contributed by atoms with E-state index in [2.05, 4.69) is 5.32 Å². The molecule has 1 amide bonds. The average Bonchev–Trinajstić information content (AvgIpc) is 2.67. The maximum Gasteiger partial charge on any atom is 0.303 e. The van der Waals surface area contributed by atoms with E-state index in [9.17, 15) is 14.4 Å². The van der Waals surface area contributed by atoms with Gasteiger partial charge < -0.3 is 10.4 Å². The van der Waals surface area contributed by atoms with E-state index in [1.54, 1.807) is 48.5 Å². The summed E-state index contributed by atoms with van der Waals surface area (Å²) in [7, 11) is 0. The zero-order chi connectivity index (χ0) is 18.8. The second-order valence-corrected chi connectivity index (χ2v) is 6.05. The van der Waals surface area contributed by atoms with Crippen molar-refractivity contribution in [1.29, 1.82) is 0 Å². The summed E-state index contributed by atoms with van der Waals surface area (Å²) in [5, 5.41) is 11.4. The van der Waals surface area contributed by atoms with E-state index < -0.39 is 5.97 Å². The van der Waals surface area contributed by atoms with Gasteiger partial charge in [0.2, 0.25) is 0 Å². The highest BCUT2D eigenvalue weighted by Gasteiger charge is 2.17. The molecular weight excluding hydrogens is 330 g/mol. The quantitative estimate of drug-likeness (QED) is 0.504. The molecular formula is C21H23NO4. The maximum atomic E-state index is 12.6. The van der Waals surface area contributed by atoms with Crippen molar-refractivity contribution in [3.05, 3.63) is 71.3 Å². The summed E-state index contributed by atoms with van der Waals surface area (Å²) in [6.45, 7) is 0.500. The van der Waals surface area contributed by atoms with Crippen LogP contribution in [0.4, 0.5) is 0 Å². The van der Waals surface area contributed by atoms with Gasteiger partial charge in [-0.15, -0.1) is 0 Å². The van der Waals surface area contributed by atoms with Gasteiger partial charge in [-0.05, 0) is 18.9 Å². The average molecular weight is 353 g/mol. The highest BCUT2D eigenvalue weighted by Crippen LogP contribution is 2.15. The highest BCUT2D eigenvalue weighted by molar-refractivity contribution is 6.15. The number of hydrogen-bond donors (Lipinski definition) is 2. The van der Waals surface area contributed by atoms with Gasteiger partial charge in [-0.3, -0.25) is 14.4 Å². The van der Waals surface area contributed by atoms with E-state index in [-0.39, 0.29) is 18.1 Å². The lowest BCUT2D eigenvalue weighted by atomic mass is 9.98. The number of benzene rings is 2. The molecule has 0 aliphatic rings. The van der Waals surface area contributed by atoms with Crippen molar-refractivity contribution in [2.24, 2.45) is 0 Å². The summed E-state index contributed by atoms with van der Waals surface area (Å²) >= 11 is 0. The first-order valence-corrected chi connectivity index (χ1v) is 8.78. The molecule has 5 heteroatoms. The molecule has 0 aliphatic carbocycles. The zero-order valence-electron chi connectivity index (χ0n) is 14.6. The molecule has 5 nitrogen and oxygen atoms in total. The molecule has 0 saturated heterocycles. The van der Waals surface area contributed by atoms with E-state index in [0.29, 0.717) is 29.7 Å². The number of rotatable bonds is 10. The summed E-state index contributed by atoms with van der Waals surface area (Å²) in [6.07, 6.45) is 3.29. The summed E-state index contributed by atoms with van der Waals surface area (Å²) in [6, 6.07) is 15.7. The van der Waals surface area contributed by atoms with E-state index in [1.807, 2.05) is 6.07 Å². The van der Waals surface area contributed by atoms with Crippen LogP contribution in [0.1, 0.15) is 58.4 Å². The summed E-state index contributed by atoms with van der Waals surface area (Å²) in [5.74, 6) is -1.22. The molecule has 136 valence electrons. The van der Waals surface area contributed by atoms with Crippen LogP contribution in [-0.2, 0) is 4.79 Å². The van der Waals surface area contributed by atoms with Crippen molar-refractivity contribution in [3.8, 4) is 0 Å². The van der Waals surface area contributed by atoms with Gasteiger partial charge in [-0.2, -0.15) is 0 Å². The molecule has 0 saturated carbocycles. The minimum absolute atomic E-state index is 0.176. The SMILES string of the molecule is O=C(O)CCCCCCNC(=O)c1ccccc1C(=O)c1ccccc1. The zero-order valence-corrected chi connectivity index (χ0v) is 14.6. The van der Waals surface area contributed by atoms with E-state index in [1.165, 1.54) is 0 Å². The molecule has 0 spiro atoms. The maximum absolute atomic E-state index is 12.6. The van der Waals surface area contributed by atoms with Gasteiger partial charge in [-0.1, -0.05) is 61.4 Å². The third-order valence-electron chi connectivity index (χ3n) is 4.06. The number of unbranched alkanes of at least 4 members (excludes halogenated alkanes) is 3. The molecule has 0 heterocycles. The first-order chi connectivity index (χ1) is 12.6. The monoisotopic (exact) mass is 353 g/mol. The predicted molar refractivity (Wildman–Crippen MR) is 99.4 cm³/mol. The van der Waals surface area contributed by atoms with E-state index >= 15 is 0 Å². The molecule has 2 N–H and O–H groups in total. The summed E-state index contributed by atoms with van der Waals surface area (Å²) in [4.78, 5) is 35.5. The van der Waals surface area contributed by atoms with Gasteiger partial charge in [0.15, 0.2) is 5.78 Å². The number of amides is 1. The number of carboxylic acid groups (broad SMARTS) is 1. The summed E-state index contributed by atoms with van der Waals surface area (Å²) in [5.41, 5.74) is 1.30. The Balaban J connectivity index is 1.89. The molecule has 2 aromatic rings. The Morgan fingerprint density at radius 1 is 0.769 bits per heavy atom. The minimum Gasteiger partial charge on any atom is -0.481 e. The Morgan fingerprint density at radius 2 is 1.38 bits per heavy atom. The number of aliphatic carboxylic acids is 1. The molecule has 0 radical (unpaired) electrons. The first kappa shape index (κ1) is 19.4. The standard InChI is InChI=1S/C21H23NO4/c23-19(24)14-6-1-2-9-15-22-21(26)18-13-8-7-12-17(18)20(25)16-10-4-3-5-11-16/h3-5,7-8,10-13H,1-2,6,9,14-15H2,(H,22,26)(H,23,24). The smallest absolute Gasteiger partial charge is 0.303 e. The molecule has 0 aliphatic heterocycles. The molecule has 2 rings (SSSR count). The molecule has 0 aromatic heterocycles. The van der Waals surface area contributed by atoms with Crippen LogP contribution in [0.25, 0.3) is 0 Å². The Hall–Kier alpha value is -2.95. The van der Waals surface area contributed by atoms with Crippen molar-refractivity contribution < 1.29 is 19.5 Å². The van der Waals surface area contributed by atoms with Gasteiger partial charge in [0.25, 0.3) is 5.91 Å². The van der Waals surface area contributed by atoms with Crippen LogP contribution in [-0.4, -0.2) is 29.3 Å². The van der Waals surface area contributed by atoms with Crippen LogP contribution in [0.3, 0.4) is 0 Å². The number of ketones is 1. The fourth-order valence-electron chi connectivity index (χ4n) is 2.68.